The molecular weight excluding hydrogens is 320 g/mol. The first-order valence-electron chi connectivity index (χ1n) is 3.74. The van der Waals surface area contributed by atoms with Gasteiger partial charge < -0.3 is 0 Å². The van der Waals surface area contributed by atoms with E-state index in [0.29, 0.717) is 0 Å². The summed E-state index contributed by atoms with van der Waals surface area (Å²) < 4.78 is 0.758. The van der Waals surface area contributed by atoms with Crippen molar-refractivity contribution in [3.8, 4) is 0 Å². The zero-order valence-electron chi connectivity index (χ0n) is 7.88. The first-order chi connectivity index (χ1) is 5.54. The molecule has 0 unspecified atom stereocenters. The van der Waals surface area contributed by atoms with E-state index in [4.69, 9.17) is 5.39 Å². The Balaban J connectivity index is 4.97. The topological polar surface area (TPSA) is 28.1 Å². The Kier molecular flexibility index (Phi) is 4.93. The van der Waals surface area contributed by atoms with Crippen molar-refractivity contribution >= 4 is 4.02 Å². The van der Waals surface area contributed by atoms with E-state index in [2.05, 4.69) is 18.0 Å². The minimum absolute atomic E-state index is 0.758. The first kappa shape index (κ1) is 11.5. The predicted octanol–water partition coefficient (Wildman–Crippen LogP) is 2.82. The Morgan fingerprint density at radius 1 is 1.25 bits per heavy atom. The molecule has 0 aromatic carbocycles. The average Bonchev–Trinajstić information content (AvgIpc) is 2.12. The van der Waals surface area contributed by atoms with E-state index in [9.17, 15) is 0 Å². The van der Waals surface area contributed by atoms with Crippen molar-refractivity contribution < 1.29 is 19.4 Å². The molecule has 0 spiro atoms. The van der Waals surface area contributed by atoms with Crippen LogP contribution in [-0.4, -0.2) is 4.02 Å². The van der Waals surface area contributed by atoms with Gasteiger partial charge in [-0.3, -0.25) is 0 Å². The third kappa shape index (κ3) is 2.83. The standard InChI is InChI=1S/C9H13N2.W/c1-5-7(2)9(4)8(3)6-11-10;/h5H,1-4H3;/q+1;. The van der Waals surface area contributed by atoms with Crippen LogP contribution in [-0.2, 0) is 19.4 Å². The van der Waals surface area contributed by atoms with Crippen LogP contribution in [0.1, 0.15) is 27.7 Å². The number of rotatable bonds is 2. The SMILES string of the molecule is CC=C(C)C(C)=C(C)[C](=[W])[N+]#N. The summed E-state index contributed by atoms with van der Waals surface area (Å²) in [5.74, 6) is 0. The van der Waals surface area contributed by atoms with E-state index in [1.54, 1.807) is 0 Å². The van der Waals surface area contributed by atoms with Crippen LogP contribution < -0.4 is 0 Å². The monoisotopic (exact) mass is 333 g/mol. The normalized spacial score (nSPS) is 13.4. The molecule has 0 aliphatic rings. The molecule has 0 saturated heterocycles. The van der Waals surface area contributed by atoms with Crippen LogP contribution in [0.3, 0.4) is 0 Å². The number of hydrogen-bond acceptors (Lipinski definition) is 1. The van der Waals surface area contributed by atoms with Gasteiger partial charge in [0.15, 0.2) is 0 Å². The molecule has 0 aromatic heterocycles. The summed E-state index contributed by atoms with van der Waals surface area (Å²) in [7, 11) is 0. The average molecular weight is 333 g/mol. The fourth-order valence-corrected chi connectivity index (χ4v) is 1.30. The fraction of sp³-hybridized carbons (Fsp3) is 0.444. The van der Waals surface area contributed by atoms with Crippen molar-refractivity contribution in [1.82, 2.24) is 0 Å². The van der Waals surface area contributed by atoms with Crippen molar-refractivity contribution in [1.29, 1.82) is 5.39 Å². The van der Waals surface area contributed by atoms with Crippen LogP contribution in [0.25, 0.3) is 4.98 Å². The van der Waals surface area contributed by atoms with Gasteiger partial charge in [0.2, 0.25) is 0 Å². The Bertz CT molecular complexity index is 292. The second-order valence-electron chi connectivity index (χ2n) is 2.63. The molecule has 0 saturated carbocycles. The summed E-state index contributed by atoms with van der Waals surface area (Å²) in [6.07, 6.45) is 2.05. The minimum atomic E-state index is 0.758. The van der Waals surface area contributed by atoms with Crippen LogP contribution in [0.2, 0.25) is 0 Å². The van der Waals surface area contributed by atoms with Gasteiger partial charge in [-0.1, -0.05) is 0 Å². The molecule has 0 N–H and O–H groups in total. The molecule has 2 nitrogen and oxygen atoms in total. The second kappa shape index (κ2) is 5.17. The number of hydrogen-bond donors (Lipinski definition) is 0. The van der Waals surface area contributed by atoms with E-state index in [1.165, 1.54) is 30.5 Å². The molecule has 0 bridgehead atoms. The van der Waals surface area contributed by atoms with Crippen molar-refractivity contribution in [2.75, 3.05) is 0 Å². The van der Waals surface area contributed by atoms with E-state index >= 15 is 0 Å². The van der Waals surface area contributed by atoms with Gasteiger partial charge in [0.1, 0.15) is 0 Å². The fourth-order valence-electron chi connectivity index (χ4n) is 0.748. The van der Waals surface area contributed by atoms with Crippen molar-refractivity contribution in [3.63, 3.8) is 0 Å². The summed E-state index contributed by atoms with van der Waals surface area (Å²) in [6.45, 7) is 8.08. The van der Waals surface area contributed by atoms with Crippen LogP contribution in [0.15, 0.2) is 22.8 Å². The molecule has 0 atom stereocenters. The maximum absolute atomic E-state index is 8.56. The zero-order valence-corrected chi connectivity index (χ0v) is 10.8. The van der Waals surface area contributed by atoms with Crippen molar-refractivity contribution in [2.45, 2.75) is 27.7 Å². The second-order valence-corrected chi connectivity index (χ2v) is 4.02. The van der Waals surface area contributed by atoms with Crippen LogP contribution in [0.4, 0.5) is 0 Å². The zero-order chi connectivity index (χ0) is 9.72. The molecule has 0 fully saturated rings. The first-order valence-corrected chi connectivity index (χ1v) is 5.21. The molecule has 0 aliphatic carbocycles. The van der Waals surface area contributed by atoms with E-state index in [1.807, 2.05) is 20.8 Å². The Labute approximate surface area is 84.4 Å². The molecule has 0 aliphatic heterocycles. The van der Waals surface area contributed by atoms with Crippen molar-refractivity contribution in [3.05, 3.63) is 27.8 Å². The van der Waals surface area contributed by atoms with Gasteiger partial charge in [-0.05, 0) is 0 Å². The van der Waals surface area contributed by atoms with Gasteiger partial charge in [0, 0.05) is 0 Å². The Morgan fingerprint density at radius 3 is 2.08 bits per heavy atom. The summed E-state index contributed by atoms with van der Waals surface area (Å²) in [4.78, 5) is 3.19. The Hall–Kier alpha value is -0.542. The third-order valence-corrected chi connectivity index (χ3v) is 3.39. The molecular formula is C9H13N2W+. The molecule has 0 aromatic rings. The van der Waals surface area contributed by atoms with E-state index in [-0.39, 0.29) is 0 Å². The van der Waals surface area contributed by atoms with Crippen LogP contribution in [0, 0.1) is 5.39 Å². The maximum atomic E-state index is 8.56. The molecule has 64 valence electrons. The van der Waals surface area contributed by atoms with Gasteiger partial charge in [-0.15, -0.1) is 0 Å². The number of nitrogens with zero attached hydrogens (tertiary/aromatic N) is 2. The van der Waals surface area contributed by atoms with Crippen LogP contribution >= 0.6 is 0 Å². The summed E-state index contributed by atoms with van der Waals surface area (Å²) in [6, 6.07) is 0. The van der Waals surface area contributed by atoms with Gasteiger partial charge >= 0.3 is 84.2 Å². The summed E-state index contributed by atoms with van der Waals surface area (Å²) in [5.41, 5.74) is 3.50. The number of allylic oxidation sites excluding steroid dienone is 3. The molecule has 0 rings (SSSR count). The van der Waals surface area contributed by atoms with Gasteiger partial charge in [-0.2, -0.15) is 0 Å². The van der Waals surface area contributed by atoms with E-state index < -0.39 is 0 Å². The van der Waals surface area contributed by atoms with Crippen LogP contribution in [0.5, 0.6) is 0 Å². The number of diazo groups is 1. The molecule has 3 heteroatoms. The van der Waals surface area contributed by atoms with Gasteiger partial charge in [-0.25, -0.2) is 0 Å². The summed E-state index contributed by atoms with van der Waals surface area (Å²) in [5, 5.41) is 8.56. The quantitative estimate of drug-likeness (QED) is 0.564. The summed E-state index contributed by atoms with van der Waals surface area (Å²) >= 11 is 1.19. The molecule has 0 heterocycles. The third-order valence-electron chi connectivity index (χ3n) is 2.00. The Morgan fingerprint density at radius 2 is 1.75 bits per heavy atom. The van der Waals surface area contributed by atoms with Gasteiger partial charge in [0.25, 0.3) is 0 Å². The molecule has 0 radical (unpaired) electrons. The van der Waals surface area contributed by atoms with Gasteiger partial charge in [0.05, 0.1) is 0 Å². The molecule has 0 amide bonds. The predicted molar refractivity (Wildman–Crippen MR) is 47.9 cm³/mol. The van der Waals surface area contributed by atoms with E-state index in [0.717, 1.165) is 9.59 Å². The van der Waals surface area contributed by atoms with Crippen molar-refractivity contribution in [2.24, 2.45) is 0 Å². The molecule has 12 heavy (non-hydrogen) atoms.